The van der Waals surface area contributed by atoms with Crippen LogP contribution in [0, 0.1) is 6.92 Å². The first-order valence-electron chi connectivity index (χ1n) is 5.90. The van der Waals surface area contributed by atoms with E-state index in [-0.39, 0.29) is 17.3 Å². The maximum absolute atomic E-state index is 11.8. The average Bonchev–Trinajstić information content (AvgIpc) is 2.90. The molecule has 0 unspecified atom stereocenters. The number of hydrazine groups is 1. The van der Waals surface area contributed by atoms with Gasteiger partial charge in [-0.05, 0) is 19.1 Å². The summed E-state index contributed by atoms with van der Waals surface area (Å²) >= 11 is 5.96. The topological polar surface area (TPSA) is 91.2 Å². The van der Waals surface area contributed by atoms with Crippen LogP contribution in [0.25, 0.3) is 0 Å². The van der Waals surface area contributed by atoms with Gasteiger partial charge in [-0.25, -0.2) is 4.98 Å². The van der Waals surface area contributed by atoms with Crippen molar-refractivity contribution in [1.29, 1.82) is 0 Å². The molecule has 0 saturated carbocycles. The van der Waals surface area contributed by atoms with Crippen molar-refractivity contribution in [2.45, 2.75) is 18.5 Å². The molecular formula is C12H11ClN4O3. The summed E-state index contributed by atoms with van der Waals surface area (Å²) in [6, 6.07) is 4.12. The van der Waals surface area contributed by atoms with E-state index in [1.807, 2.05) is 0 Å². The van der Waals surface area contributed by atoms with E-state index >= 15 is 0 Å². The fraction of sp³-hybridized carbons (Fsp3) is 0.250. The van der Waals surface area contributed by atoms with E-state index in [0.29, 0.717) is 11.5 Å². The van der Waals surface area contributed by atoms with Crippen molar-refractivity contribution in [2.75, 3.05) is 5.43 Å². The highest BCUT2D eigenvalue weighted by Crippen LogP contribution is 2.37. The lowest BCUT2D eigenvalue weighted by Gasteiger charge is -2.41. The third-order valence-electron chi connectivity index (χ3n) is 2.94. The first kappa shape index (κ1) is 12.9. The molecule has 1 aliphatic heterocycles. The predicted molar refractivity (Wildman–Crippen MR) is 71.2 cm³/mol. The van der Waals surface area contributed by atoms with E-state index in [4.69, 9.17) is 16.0 Å². The van der Waals surface area contributed by atoms with Gasteiger partial charge in [0, 0.05) is 11.8 Å². The zero-order chi connectivity index (χ0) is 14.3. The molecule has 8 heteroatoms. The predicted octanol–water partition coefficient (Wildman–Crippen LogP) is 1.19. The normalized spacial score (nSPS) is 22.6. The van der Waals surface area contributed by atoms with E-state index in [1.54, 1.807) is 19.1 Å². The minimum Gasteiger partial charge on any atom is -0.467 e. The number of H-pyrrole nitrogens is 1. The second-order valence-corrected chi connectivity index (χ2v) is 4.82. The number of carbonyl (C=O) groups excluding carboxylic acids is 1. The number of alkyl halides is 1. The molecule has 0 radical (unpaired) electrons. The summed E-state index contributed by atoms with van der Waals surface area (Å²) in [7, 11) is 0. The number of Topliss-reactive ketones (excluding diaryl/α,β-unsaturated/α-hetero) is 1. The molecular weight excluding hydrogens is 284 g/mol. The highest BCUT2D eigenvalue weighted by Gasteiger charge is 2.49. The number of hydrogen-bond acceptors (Lipinski definition) is 6. The molecule has 104 valence electrons. The van der Waals surface area contributed by atoms with Crippen molar-refractivity contribution in [1.82, 2.24) is 15.0 Å². The van der Waals surface area contributed by atoms with Gasteiger partial charge in [-0.1, -0.05) is 11.6 Å². The van der Waals surface area contributed by atoms with Crippen molar-refractivity contribution in [3.05, 3.63) is 46.3 Å². The van der Waals surface area contributed by atoms with Gasteiger partial charge in [-0.3, -0.25) is 20.0 Å². The minimum absolute atomic E-state index is 0.177. The maximum Gasteiger partial charge on any atom is 0.252 e. The second-order valence-electron chi connectivity index (χ2n) is 4.41. The van der Waals surface area contributed by atoms with Crippen LogP contribution in [0.2, 0.25) is 0 Å². The van der Waals surface area contributed by atoms with Gasteiger partial charge in [-0.2, -0.15) is 5.01 Å². The largest absolute Gasteiger partial charge is 0.467 e. The summed E-state index contributed by atoms with van der Waals surface area (Å²) < 4.78 is 5.22. The molecule has 2 atom stereocenters. The van der Waals surface area contributed by atoms with Crippen LogP contribution in [0.4, 0.5) is 5.95 Å². The van der Waals surface area contributed by atoms with Crippen molar-refractivity contribution < 1.29 is 9.21 Å². The summed E-state index contributed by atoms with van der Waals surface area (Å²) in [6.07, 6.45) is 1.48. The fourth-order valence-electron chi connectivity index (χ4n) is 2.05. The highest BCUT2D eigenvalue weighted by molar-refractivity contribution is 6.34. The van der Waals surface area contributed by atoms with Crippen LogP contribution in [-0.2, 0) is 4.79 Å². The number of hydrogen-bond donors (Lipinski definition) is 2. The number of nitrogens with one attached hydrogen (secondary N) is 2. The molecule has 2 aromatic rings. The molecule has 2 aromatic heterocycles. The van der Waals surface area contributed by atoms with Crippen LogP contribution in [0.5, 0.6) is 0 Å². The molecule has 3 heterocycles. The van der Waals surface area contributed by atoms with Gasteiger partial charge in [0.2, 0.25) is 5.95 Å². The quantitative estimate of drug-likeness (QED) is 0.653. The summed E-state index contributed by atoms with van der Waals surface area (Å²) in [4.78, 5) is 29.9. The number of halogens is 1. The van der Waals surface area contributed by atoms with Crippen LogP contribution >= 0.6 is 11.6 Å². The number of aryl methyl sites for hydroxylation is 1. The lowest BCUT2D eigenvalue weighted by atomic mass is 10.0. The zero-order valence-corrected chi connectivity index (χ0v) is 11.2. The summed E-state index contributed by atoms with van der Waals surface area (Å²) in [5, 5.41) is 1.47. The third kappa shape index (κ3) is 2.10. The van der Waals surface area contributed by atoms with Crippen LogP contribution < -0.4 is 11.0 Å². The Morgan fingerprint density at radius 1 is 1.50 bits per heavy atom. The van der Waals surface area contributed by atoms with Gasteiger partial charge in [-0.15, -0.1) is 0 Å². The molecule has 0 spiro atoms. The van der Waals surface area contributed by atoms with E-state index in [0.717, 1.165) is 0 Å². The van der Waals surface area contributed by atoms with Gasteiger partial charge < -0.3 is 4.42 Å². The van der Waals surface area contributed by atoms with E-state index in [9.17, 15) is 9.59 Å². The Bertz CT molecular complexity index is 697. The Morgan fingerprint density at radius 2 is 2.30 bits per heavy atom. The van der Waals surface area contributed by atoms with Crippen LogP contribution in [-0.4, -0.2) is 26.3 Å². The number of nitrogens with zero attached hydrogens (tertiary/aromatic N) is 2. The Kier molecular flexibility index (Phi) is 3.07. The molecule has 20 heavy (non-hydrogen) atoms. The number of aromatic nitrogens is 2. The average molecular weight is 295 g/mol. The lowest BCUT2D eigenvalue weighted by Crippen LogP contribution is -2.58. The maximum atomic E-state index is 11.8. The number of furan rings is 1. The van der Waals surface area contributed by atoms with Crippen molar-refractivity contribution >= 4 is 23.3 Å². The molecule has 3 rings (SSSR count). The molecule has 0 aromatic carbocycles. The molecule has 0 bridgehead atoms. The second kappa shape index (κ2) is 4.77. The smallest absolute Gasteiger partial charge is 0.252 e. The molecule has 2 N–H and O–H groups in total. The number of rotatable bonds is 3. The van der Waals surface area contributed by atoms with E-state index in [2.05, 4.69) is 15.4 Å². The number of carbonyl (C=O) groups is 1. The summed E-state index contributed by atoms with van der Waals surface area (Å²) in [5.74, 6) is 0.531. The zero-order valence-electron chi connectivity index (χ0n) is 10.5. The Hall–Kier alpha value is -2.12. The van der Waals surface area contributed by atoms with Gasteiger partial charge >= 0.3 is 0 Å². The van der Waals surface area contributed by atoms with Crippen LogP contribution in [0.15, 0.2) is 33.7 Å². The van der Waals surface area contributed by atoms with Crippen LogP contribution in [0.1, 0.15) is 17.5 Å². The molecule has 0 aliphatic carbocycles. The summed E-state index contributed by atoms with van der Waals surface area (Å²) in [6.45, 7) is 1.70. The first-order valence-corrected chi connectivity index (χ1v) is 6.34. The molecule has 1 saturated heterocycles. The Labute approximate surface area is 118 Å². The highest BCUT2D eigenvalue weighted by atomic mass is 35.5. The lowest BCUT2D eigenvalue weighted by molar-refractivity contribution is -0.138. The van der Waals surface area contributed by atoms with Crippen molar-refractivity contribution in [2.24, 2.45) is 0 Å². The number of aromatic amines is 1. The Balaban J connectivity index is 1.85. The van der Waals surface area contributed by atoms with Crippen LogP contribution in [0.3, 0.4) is 0 Å². The summed E-state index contributed by atoms with van der Waals surface area (Å²) in [5.41, 5.74) is 2.27. The standard InChI is InChI=1S/C12H11ClN4O3/c1-6-5-8(18)15-12(14-6)16-17-9(10(19)11(17)13)7-3-2-4-20-7/h2-5,9,11H,1H3,(H2,14,15,16,18)/t9-,11+/m0/s1. The van der Waals surface area contributed by atoms with E-state index < -0.39 is 11.5 Å². The molecule has 1 aliphatic rings. The number of anilines is 1. The third-order valence-corrected chi connectivity index (χ3v) is 3.37. The van der Waals surface area contributed by atoms with Crippen molar-refractivity contribution in [3.63, 3.8) is 0 Å². The van der Waals surface area contributed by atoms with Crippen molar-refractivity contribution in [3.8, 4) is 0 Å². The monoisotopic (exact) mass is 294 g/mol. The number of ketones is 1. The SMILES string of the molecule is Cc1cc(=O)[nH]c(NN2[C@@H](c3ccco3)C(=O)[C@@H]2Cl)n1. The molecule has 7 nitrogen and oxygen atoms in total. The van der Waals surface area contributed by atoms with E-state index in [1.165, 1.54) is 17.3 Å². The van der Waals surface area contributed by atoms with Gasteiger partial charge in [0.25, 0.3) is 5.56 Å². The molecule has 0 amide bonds. The molecule has 1 fully saturated rings. The van der Waals surface area contributed by atoms with Gasteiger partial charge in [0.15, 0.2) is 17.3 Å². The van der Waals surface area contributed by atoms with Gasteiger partial charge in [0.1, 0.15) is 5.76 Å². The Morgan fingerprint density at radius 3 is 2.95 bits per heavy atom. The minimum atomic E-state index is -0.837. The first-order chi connectivity index (χ1) is 9.56. The fourth-order valence-corrected chi connectivity index (χ4v) is 2.33. The van der Waals surface area contributed by atoms with Gasteiger partial charge in [0.05, 0.1) is 6.26 Å².